The Morgan fingerprint density at radius 3 is 2.62 bits per heavy atom. The molecule has 0 atom stereocenters. The van der Waals surface area contributed by atoms with Crippen LogP contribution in [0.3, 0.4) is 0 Å². The number of aromatic nitrogens is 2. The molecule has 1 heterocycles. The van der Waals surface area contributed by atoms with Gasteiger partial charge in [-0.3, -0.25) is 9.48 Å². The Labute approximate surface area is 127 Å². The van der Waals surface area contributed by atoms with Crippen LogP contribution in [0.15, 0.2) is 30.6 Å². The van der Waals surface area contributed by atoms with E-state index in [9.17, 15) is 18.0 Å². The summed E-state index contributed by atoms with van der Waals surface area (Å²) in [5.41, 5.74) is 0.378. The van der Waals surface area contributed by atoms with Gasteiger partial charge in [0, 0.05) is 11.8 Å². The minimum absolute atomic E-state index is 0.148. The van der Waals surface area contributed by atoms with Crippen LogP contribution in [0, 0.1) is 0 Å². The predicted molar refractivity (Wildman–Crippen MR) is 72.7 cm³/mol. The van der Waals surface area contributed by atoms with E-state index in [-0.39, 0.29) is 16.3 Å². The van der Waals surface area contributed by atoms with Crippen LogP contribution in [0.25, 0.3) is 0 Å². The molecule has 0 aliphatic carbocycles. The van der Waals surface area contributed by atoms with Crippen LogP contribution in [0.5, 0.6) is 0 Å². The van der Waals surface area contributed by atoms with Crippen molar-refractivity contribution < 1.29 is 18.0 Å². The van der Waals surface area contributed by atoms with Gasteiger partial charge in [0.15, 0.2) is 0 Å². The Hall–Kier alpha value is -1.73. The fourth-order valence-electron chi connectivity index (χ4n) is 1.54. The van der Waals surface area contributed by atoms with Gasteiger partial charge >= 0.3 is 6.18 Å². The third-order valence-electron chi connectivity index (χ3n) is 2.41. The van der Waals surface area contributed by atoms with Gasteiger partial charge in [0.1, 0.15) is 6.54 Å². The molecule has 0 aliphatic heterocycles. The highest BCUT2D eigenvalue weighted by molar-refractivity contribution is 6.42. The van der Waals surface area contributed by atoms with Crippen molar-refractivity contribution in [1.82, 2.24) is 9.78 Å². The molecule has 21 heavy (non-hydrogen) atoms. The average Bonchev–Trinajstić information content (AvgIpc) is 2.77. The number of carbonyl (C=O) groups is 1. The molecular weight excluding hydrogens is 330 g/mol. The molecule has 0 unspecified atom stereocenters. The lowest BCUT2D eigenvalue weighted by molar-refractivity contribution is -0.142. The van der Waals surface area contributed by atoms with Crippen LogP contribution in [-0.4, -0.2) is 21.9 Å². The second-order valence-corrected chi connectivity index (χ2v) is 4.94. The predicted octanol–water partition coefficient (Wildman–Crippen LogP) is 4.00. The summed E-state index contributed by atoms with van der Waals surface area (Å²) in [7, 11) is 0. The Kier molecular flexibility index (Phi) is 4.43. The summed E-state index contributed by atoms with van der Waals surface area (Å²) in [5.74, 6) is -0.528. The maximum atomic E-state index is 12.2. The first-order valence-corrected chi connectivity index (χ1v) is 6.36. The minimum Gasteiger partial charge on any atom is -0.319 e. The summed E-state index contributed by atoms with van der Waals surface area (Å²) in [5, 5.41) is 6.44. The average molecular weight is 338 g/mol. The van der Waals surface area contributed by atoms with E-state index in [1.807, 2.05) is 0 Å². The van der Waals surface area contributed by atoms with E-state index in [1.54, 1.807) is 0 Å². The van der Waals surface area contributed by atoms with Crippen LogP contribution < -0.4 is 5.32 Å². The summed E-state index contributed by atoms with van der Waals surface area (Å²) in [6.07, 6.45) is -2.17. The smallest absolute Gasteiger partial charge is 0.319 e. The van der Waals surface area contributed by atoms with Gasteiger partial charge in [0.05, 0.1) is 21.9 Å². The molecule has 0 aliphatic rings. The zero-order chi connectivity index (χ0) is 15.6. The van der Waals surface area contributed by atoms with Crippen molar-refractivity contribution in [2.45, 2.75) is 12.7 Å². The van der Waals surface area contributed by atoms with Crippen LogP contribution >= 0.6 is 23.2 Å². The number of amides is 1. The van der Waals surface area contributed by atoms with Gasteiger partial charge in [-0.25, -0.2) is 0 Å². The summed E-state index contributed by atoms with van der Waals surface area (Å²) < 4.78 is 37.2. The fraction of sp³-hybridized carbons (Fsp3) is 0.167. The third kappa shape index (κ3) is 4.37. The standard InChI is InChI=1S/C12H8Cl2F3N3O/c13-9-2-1-7(3-10(9)14)11(21)19-8-4-18-20(5-8)6-12(15,16)17/h1-5H,6H2,(H,19,21). The Bertz CT molecular complexity index is 670. The second kappa shape index (κ2) is 5.95. The maximum Gasteiger partial charge on any atom is 0.408 e. The lowest BCUT2D eigenvalue weighted by Crippen LogP contribution is -2.18. The van der Waals surface area contributed by atoms with E-state index in [0.717, 1.165) is 12.4 Å². The molecule has 1 N–H and O–H groups in total. The van der Waals surface area contributed by atoms with Gasteiger partial charge in [0.2, 0.25) is 0 Å². The molecule has 1 aromatic heterocycles. The normalized spacial score (nSPS) is 11.5. The molecule has 9 heteroatoms. The van der Waals surface area contributed by atoms with E-state index in [0.29, 0.717) is 9.70 Å². The first kappa shape index (κ1) is 15.7. The first-order valence-electron chi connectivity index (χ1n) is 5.60. The number of rotatable bonds is 3. The van der Waals surface area contributed by atoms with Crippen LogP contribution in [0.1, 0.15) is 10.4 Å². The number of nitrogens with one attached hydrogen (secondary N) is 1. The van der Waals surface area contributed by atoms with Gasteiger partial charge in [-0.05, 0) is 18.2 Å². The highest BCUT2D eigenvalue weighted by Gasteiger charge is 2.28. The lowest BCUT2D eigenvalue weighted by atomic mass is 10.2. The van der Waals surface area contributed by atoms with E-state index >= 15 is 0 Å². The quantitative estimate of drug-likeness (QED) is 0.919. The van der Waals surface area contributed by atoms with Gasteiger partial charge in [-0.1, -0.05) is 23.2 Å². The van der Waals surface area contributed by atoms with Gasteiger partial charge in [-0.15, -0.1) is 0 Å². The topological polar surface area (TPSA) is 46.9 Å². The van der Waals surface area contributed by atoms with Crippen LogP contribution in [0.4, 0.5) is 18.9 Å². The molecule has 1 amide bonds. The van der Waals surface area contributed by atoms with Crippen LogP contribution in [0.2, 0.25) is 10.0 Å². The zero-order valence-electron chi connectivity index (χ0n) is 10.3. The summed E-state index contributed by atoms with van der Waals surface area (Å²) in [6, 6.07) is 4.26. The lowest BCUT2D eigenvalue weighted by Gasteiger charge is -2.05. The zero-order valence-corrected chi connectivity index (χ0v) is 11.8. The summed E-state index contributed by atoms with van der Waals surface area (Å²) in [4.78, 5) is 11.9. The SMILES string of the molecule is O=C(Nc1cnn(CC(F)(F)F)c1)c1ccc(Cl)c(Cl)c1. The van der Waals surface area contributed by atoms with Crippen molar-refractivity contribution in [3.05, 3.63) is 46.2 Å². The molecule has 0 spiro atoms. The largest absolute Gasteiger partial charge is 0.408 e. The van der Waals surface area contributed by atoms with E-state index < -0.39 is 18.6 Å². The molecule has 0 fully saturated rings. The summed E-state index contributed by atoms with van der Waals surface area (Å²) >= 11 is 11.5. The Morgan fingerprint density at radius 1 is 1.29 bits per heavy atom. The molecule has 0 saturated heterocycles. The molecule has 0 radical (unpaired) electrons. The molecule has 1 aromatic carbocycles. The monoisotopic (exact) mass is 337 g/mol. The Morgan fingerprint density at radius 2 is 2.00 bits per heavy atom. The summed E-state index contributed by atoms with van der Waals surface area (Å²) in [6.45, 7) is -1.23. The van der Waals surface area contributed by atoms with Gasteiger partial charge in [0.25, 0.3) is 5.91 Å². The molecule has 2 rings (SSSR count). The molecule has 4 nitrogen and oxygen atoms in total. The van der Waals surface area contributed by atoms with Crippen molar-refractivity contribution >= 4 is 34.8 Å². The van der Waals surface area contributed by atoms with E-state index in [1.165, 1.54) is 18.2 Å². The number of alkyl halides is 3. The van der Waals surface area contributed by atoms with Gasteiger partial charge in [-0.2, -0.15) is 18.3 Å². The molecule has 0 saturated carbocycles. The number of halogens is 5. The number of benzene rings is 1. The maximum absolute atomic E-state index is 12.2. The molecule has 0 bridgehead atoms. The van der Waals surface area contributed by atoms with Crippen LogP contribution in [-0.2, 0) is 6.54 Å². The van der Waals surface area contributed by atoms with Crippen molar-refractivity contribution in [3.63, 3.8) is 0 Å². The number of anilines is 1. The third-order valence-corrected chi connectivity index (χ3v) is 3.15. The van der Waals surface area contributed by atoms with Gasteiger partial charge < -0.3 is 5.32 Å². The number of hydrogen-bond donors (Lipinski definition) is 1. The fourth-order valence-corrected chi connectivity index (χ4v) is 1.84. The van der Waals surface area contributed by atoms with Crippen molar-refractivity contribution in [1.29, 1.82) is 0 Å². The minimum atomic E-state index is -4.38. The second-order valence-electron chi connectivity index (χ2n) is 4.12. The molecular formula is C12H8Cl2F3N3O. The Balaban J connectivity index is 2.07. The van der Waals surface area contributed by atoms with E-state index in [4.69, 9.17) is 23.2 Å². The van der Waals surface area contributed by atoms with Crippen molar-refractivity contribution in [2.24, 2.45) is 0 Å². The van der Waals surface area contributed by atoms with Crippen molar-refractivity contribution in [2.75, 3.05) is 5.32 Å². The highest BCUT2D eigenvalue weighted by Crippen LogP contribution is 2.23. The molecule has 2 aromatic rings. The van der Waals surface area contributed by atoms with Crippen molar-refractivity contribution in [3.8, 4) is 0 Å². The van der Waals surface area contributed by atoms with E-state index in [2.05, 4.69) is 10.4 Å². The molecule has 112 valence electrons. The number of hydrogen-bond acceptors (Lipinski definition) is 2. The number of nitrogens with zero attached hydrogens (tertiary/aromatic N) is 2. The number of carbonyl (C=O) groups excluding carboxylic acids is 1. The first-order chi connectivity index (χ1) is 9.74. The highest BCUT2D eigenvalue weighted by atomic mass is 35.5.